The molecule has 0 N–H and O–H groups in total. The quantitative estimate of drug-likeness (QED) is 0.378. The Morgan fingerprint density at radius 1 is 0.800 bits per heavy atom. The summed E-state index contributed by atoms with van der Waals surface area (Å²) in [7, 11) is 0. The molecule has 3 aromatic carbocycles. The summed E-state index contributed by atoms with van der Waals surface area (Å²) in [6.07, 6.45) is 5.67. The average Bonchev–Trinajstić information content (AvgIpc) is 3.29. The fourth-order valence-electron chi connectivity index (χ4n) is 5.26. The van der Waals surface area contributed by atoms with E-state index in [-0.39, 0.29) is 6.04 Å². The van der Waals surface area contributed by atoms with Crippen molar-refractivity contribution in [2.75, 3.05) is 0 Å². The molecule has 0 saturated heterocycles. The third kappa shape index (κ3) is 4.19. The summed E-state index contributed by atoms with van der Waals surface area (Å²) >= 11 is 1.75. The van der Waals surface area contributed by atoms with Crippen LogP contribution in [0.1, 0.15) is 58.7 Å². The number of amidine groups is 1. The molecule has 1 aliphatic carbocycles. The topological polar surface area (TPSA) is 15.6 Å². The molecule has 0 amide bonds. The van der Waals surface area contributed by atoms with Gasteiger partial charge in [-0.25, -0.2) is 4.99 Å². The van der Waals surface area contributed by atoms with Crippen molar-refractivity contribution < 1.29 is 0 Å². The Morgan fingerprint density at radius 3 is 2.11 bits per heavy atom. The van der Waals surface area contributed by atoms with Crippen molar-refractivity contribution in [1.29, 1.82) is 0 Å². The third-order valence-electron chi connectivity index (χ3n) is 7.20. The van der Waals surface area contributed by atoms with Crippen LogP contribution >= 0.6 is 11.8 Å². The van der Waals surface area contributed by atoms with E-state index in [2.05, 4.69) is 110 Å². The number of aliphatic imine (C=N–C) groups is 1. The summed E-state index contributed by atoms with van der Waals surface area (Å²) in [5.74, 6) is 0. The van der Waals surface area contributed by atoms with Gasteiger partial charge in [-0.3, -0.25) is 0 Å². The first-order valence-corrected chi connectivity index (χ1v) is 13.3. The van der Waals surface area contributed by atoms with Gasteiger partial charge in [0.2, 0.25) is 0 Å². The van der Waals surface area contributed by atoms with E-state index in [0.717, 1.165) is 24.4 Å². The lowest BCUT2D eigenvalue weighted by molar-refractivity contribution is 0.458. The summed E-state index contributed by atoms with van der Waals surface area (Å²) in [6, 6.07) is 27.0. The van der Waals surface area contributed by atoms with Gasteiger partial charge in [-0.15, -0.1) is 0 Å². The molecule has 1 unspecified atom stereocenters. The monoisotopic (exact) mass is 474 g/mol. The van der Waals surface area contributed by atoms with E-state index in [1.165, 1.54) is 55.9 Å². The van der Waals surface area contributed by atoms with Crippen molar-refractivity contribution in [3.05, 3.63) is 128 Å². The molecule has 0 radical (unpaired) electrons. The molecule has 3 heteroatoms. The smallest absolute Gasteiger partial charge is 0.174 e. The van der Waals surface area contributed by atoms with Gasteiger partial charge in [-0.05, 0) is 73.9 Å². The van der Waals surface area contributed by atoms with E-state index >= 15 is 0 Å². The van der Waals surface area contributed by atoms with E-state index in [1.807, 2.05) is 0 Å². The Morgan fingerprint density at radius 2 is 1.43 bits per heavy atom. The van der Waals surface area contributed by atoms with E-state index < -0.39 is 0 Å². The van der Waals surface area contributed by atoms with Crippen molar-refractivity contribution >= 4 is 28.7 Å². The van der Waals surface area contributed by atoms with Gasteiger partial charge in [-0.1, -0.05) is 101 Å². The maximum atomic E-state index is 5.31. The highest BCUT2D eigenvalue weighted by molar-refractivity contribution is 8.16. The fraction of sp³-hybridized carbons (Fsp3) is 0.219. The molecule has 1 atom stereocenters. The second-order valence-corrected chi connectivity index (χ2v) is 10.7. The number of nitrogens with zero attached hydrogens (tertiary/aromatic N) is 2. The molecule has 174 valence electrons. The number of benzene rings is 3. The summed E-state index contributed by atoms with van der Waals surface area (Å²) in [5.41, 5.74) is 13.0. The molecule has 0 fully saturated rings. The van der Waals surface area contributed by atoms with Crippen LogP contribution < -0.4 is 0 Å². The molecule has 0 spiro atoms. The highest BCUT2D eigenvalue weighted by Crippen LogP contribution is 2.51. The maximum absolute atomic E-state index is 5.31. The van der Waals surface area contributed by atoms with Crippen molar-refractivity contribution in [1.82, 2.24) is 4.90 Å². The van der Waals surface area contributed by atoms with Crippen LogP contribution in [0, 0.1) is 20.8 Å². The summed E-state index contributed by atoms with van der Waals surface area (Å²) in [4.78, 5) is 7.79. The molecular formula is C32H30N2S. The van der Waals surface area contributed by atoms with Crippen molar-refractivity contribution in [2.45, 2.75) is 46.1 Å². The largest absolute Gasteiger partial charge is 0.308 e. The number of hydrogen-bond donors (Lipinski definition) is 0. The van der Waals surface area contributed by atoms with Gasteiger partial charge in [0, 0.05) is 5.41 Å². The van der Waals surface area contributed by atoms with Crippen LogP contribution in [0.3, 0.4) is 0 Å². The molecule has 0 saturated carbocycles. The van der Waals surface area contributed by atoms with Crippen LogP contribution in [0.5, 0.6) is 0 Å². The van der Waals surface area contributed by atoms with Gasteiger partial charge in [0.15, 0.2) is 5.17 Å². The Bertz CT molecular complexity index is 1390. The summed E-state index contributed by atoms with van der Waals surface area (Å²) < 4.78 is 0. The van der Waals surface area contributed by atoms with Gasteiger partial charge in [0.05, 0.1) is 17.4 Å². The van der Waals surface area contributed by atoms with Crippen LogP contribution in [0.15, 0.2) is 100 Å². The normalized spacial score (nSPS) is 20.5. The molecule has 2 nitrogen and oxygen atoms in total. The number of allylic oxidation sites excluding steroid dienone is 1. The molecule has 0 bridgehead atoms. The first-order chi connectivity index (χ1) is 17.1. The fourth-order valence-corrected chi connectivity index (χ4v) is 6.19. The minimum absolute atomic E-state index is 0.169. The van der Waals surface area contributed by atoms with E-state index in [9.17, 15) is 0 Å². The van der Waals surface area contributed by atoms with E-state index in [4.69, 9.17) is 4.99 Å². The Labute approximate surface area is 212 Å². The minimum Gasteiger partial charge on any atom is -0.308 e. The van der Waals surface area contributed by atoms with Crippen LogP contribution in [0.2, 0.25) is 0 Å². The standard InChI is InChI=1S/C32H30N2S/c1-21-7-13-24(14-8-21)19-27-5-4-6-28-30(27)33-32-34(31(28)26-17-11-23(3)12-18-26)29(20-35-32)25-15-9-22(2)10-16-25/h7-20,31H,4-6H2,1-3H3/b27-19+. The summed E-state index contributed by atoms with van der Waals surface area (Å²) in [6.45, 7) is 6.45. The van der Waals surface area contributed by atoms with Crippen molar-refractivity contribution in [3.8, 4) is 0 Å². The lowest BCUT2D eigenvalue weighted by Crippen LogP contribution is -2.34. The highest BCUT2D eigenvalue weighted by atomic mass is 32.2. The van der Waals surface area contributed by atoms with Crippen LogP contribution in [-0.4, -0.2) is 10.1 Å². The van der Waals surface area contributed by atoms with Gasteiger partial charge < -0.3 is 4.90 Å². The number of rotatable bonds is 3. The number of thioether (sulfide) groups is 1. The zero-order valence-corrected chi connectivity index (χ0v) is 21.4. The third-order valence-corrected chi connectivity index (χ3v) is 8.04. The molecule has 0 aromatic heterocycles. The SMILES string of the molecule is Cc1ccc(/C=C2\CCCC3=C2N=C2SC=C(c4ccc(C)cc4)N2C3c2ccc(C)cc2)cc1. The predicted octanol–water partition coefficient (Wildman–Crippen LogP) is 8.59. The van der Waals surface area contributed by atoms with Gasteiger partial charge in [0.25, 0.3) is 0 Å². The van der Waals surface area contributed by atoms with Crippen molar-refractivity contribution in [2.24, 2.45) is 4.99 Å². The predicted molar refractivity (Wildman–Crippen MR) is 150 cm³/mol. The molecule has 35 heavy (non-hydrogen) atoms. The van der Waals surface area contributed by atoms with Crippen LogP contribution in [-0.2, 0) is 0 Å². The number of hydrogen-bond acceptors (Lipinski definition) is 3. The zero-order valence-electron chi connectivity index (χ0n) is 20.6. The van der Waals surface area contributed by atoms with Crippen LogP contribution in [0.25, 0.3) is 11.8 Å². The number of aryl methyl sites for hydroxylation is 3. The van der Waals surface area contributed by atoms with Crippen molar-refractivity contribution in [3.63, 3.8) is 0 Å². The average molecular weight is 475 g/mol. The molecule has 3 aliphatic rings. The molecule has 2 aliphatic heterocycles. The van der Waals surface area contributed by atoms with E-state index in [0.29, 0.717) is 0 Å². The Kier molecular flexibility index (Phi) is 5.74. The first-order valence-electron chi connectivity index (χ1n) is 12.5. The lowest BCUT2D eigenvalue weighted by atomic mass is 9.82. The van der Waals surface area contributed by atoms with Gasteiger partial charge in [0.1, 0.15) is 0 Å². The lowest BCUT2D eigenvalue weighted by Gasteiger charge is -2.40. The first kappa shape index (κ1) is 22.2. The maximum Gasteiger partial charge on any atom is 0.174 e. The molecule has 3 aromatic rings. The van der Waals surface area contributed by atoms with Gasteiger partial charge >= 0.3 is 0 Å². The second-order valence-electron chi connectivity index (χ2n) is 9.87. The van der Waals surface area contributed by atoms with Gasteiger partial charge in [-0.2, -0.15) is 0 Å². The zero-order chi connectivity index (χ0) is 23.9. The highest BCUT2D eigenvalue weighted by Gasteiger charge is 2.40. The van der Waals surface area contributed by atoms with E-state index in [1.54, 1.807) is 11.8 Å². The minimum atomic E-state index is 0.169. The second kappa shape index (κ2) is 9.05. The van der Waals surface area contributed by atoms with Crippen LogP contribution in [0.4, 0.5) is 0 Å². The number of fused-ring (bicyclic) bond motifs is 1. The molecular weight excluding hydrogens is 444 g/mol. The molecule has 2 heterocycles. The Balaban J connectivity index is 1.48. The Hall–Kier alpha value is -3.30. The molecule has 6 rings (SSSR count). The summed E-state index contributed by atoms with van der Waals surface area (Å²) in [5, 5.41) is 3.37.